The van der Waals surface area contributed by atoms with Crippen LogP contribution >= 0.6 is 27.5 Å². The molecule has 1 aromatic carbocycles. The molecule has 0 aliphatic rings. The van der Waals surface area contributed by atoms with E-state index in [1.807, 2.05) is 25.1 Å². The Kier molecular flexibility index (Phi) is 5.17. The van der Waals surface area contributed by atoms with Gasteiger partial charge in [-0.25, -0.2) is 0 Å². The molecule has 0 heterocycles. The van der Waals surface area contributed by atoms with Crippen molar-refractivity contribution < 1.29 is 0 Å². The molecule has 0 saturated carbocycles. The van der Waals surface area contributed by atoms with Crippen LogP contribution < -0.4 is 5.73 Å². The summed E-state index contributed by atoms with van der Waals surface area (Å²) in [5.74, 6) is 5.85. The van der Waals surface area contributed by atoms with E-state index in [1.165, 1.54) is 0 Å². The molecule has 15 heavy (non-hydrogen) atoms. The number of rotatable bonds is 3. The van der Waals surface area contributed by atoms with Gasteiger partial charge in [-0.3, -0.25) is 0 Å². The molecule has 1 atom stereocenters. The van der Waals surface area contributed by atoms with Crippen LogP contribution in [0.4, 0.5) is 0 Å². The molecule has 1 nitrogen and oxygen atoms in total. The predicted molar refractivity (Wildman–Crippen MR) is 68.8 cm³/mol. The first-order chi connectivity index (χ1) is 7.15. The minimum absolute atomic E-state index is 0.0357. The van der Waals surface area contributed by atoms with Gasteiger partial charge < -0.3 is 5.73 Å². The molecule has 3 heteroatoms. The van der Waals surface area contributed by atoms with Gasteiger partial charge in [-0.1, -0.05) is 33.6 Å². The van der Waals surface area contributed by atoms with Crippen molar-refractivity contribution in [3.63, 3.8) is 0 Å². The van der Waals surface area contributed by atoms with Gasteiger partial charge in [0.2, 0.25) is 0 Å². The lowest BCUT2D eigenvalue weighted by Crippen LogP contribution is -2.10. The van der Waals surface area contributed by atoms with Crippen molar-refractivity contribution in [3.8, 4) is 11.8 Å². The standard InChI is InChI=1S/C12H13BrClN/c1-2-3-4-5-12(15)10-7-6-9(13)8-11(10)14/h6-8,12H,4-5,15H2,1H3. The van der Waals surface area contributed by atoms with Crippen molar-refractivity contribution in [2.45, 2.75) is 25.8 Å². The normalized spacial score (nSPS) is 11.7. The van der Waals surface area contributed by atoms with Crippen LogP contribution in [0.1, 0.15) is 31.4 Å². The molecular weight excluding hydrogens is 273 g/mol. The zero-order chi connectivity index (χ0) is 11.3. The van der Waals surface area contributed by atoms with E-state index in [-0.39, 0.29) is 6.04 Å². The van der Waals surface area contributed by atoms with Gasteiger partial charge in [0.05, 0.1) is 0 Å². The first-order valence-electron chi connectivity index (χ1n) is 4.75. The molecule has 1 rings (SSSR count). The van der Waals surface area contributed by atoms with E-state index in [9.17, 15) is 0 Å². The van der Waals surface area contributed by atoms with Crippen molar-refractivity contribution in [3.05, 3.63) is 33.3 Å². The molecule has 0 amide bonds. The van der Waals surface area contributed by atoms with Crippen LogP contribution in [0, 0.1) is 11.8 Å². The summed E-state index contributed by atoms with van der Waals surface area (Å²) in [4.78, 5) is 0. The molecule has 2 N–H and O–H groups in total. The lowest BCUT2D eigenvalue weighted by molar-refractivity contribution is 0.668. The molecule has 0 radical (unpaired) electrons. The van der Waals surface area contributed by atoms with Crippen LogP contribution in [-0.4, -0.2) is 0 Å². The zero-order valence-corrected chi connectivity index (χ0v) is 10.9. The Balaban J connectivity index is 2.71. The molecule has 0 fully saturated rings. The molecule has 0 aliphatic carbocycles. The maximum atomic E-state index is 6.09. The fraction of sp³-hybridized carbons (Fsp3) is 0.333. The van der Waals surface area contributed by atoms with Crippen LogP contribution in [0.2, 0.25) is 5.02 Å². The molecule has 0 aliphatic heterocycles. The van der Waals surface area contributed by atoms with Gasteiger partial charge in [-0.2, -0.15) is 0 Å². The summed E-state index contributed by atoms with van der Waals surface area (Å²) in [6, 6.07) is 5.73. The fourth-order valence-electron chi connectivity index (χ4n) is 1.31. The summed E-state index contributed by atoms with van der Waals surface area (Å²) in [5.41, 5.74) is 7.00. The minimum Gasteiger partial charge on any atom is -0.324 e. The number of halogens is 2. The van der Waals surface area contributed by atoms with E-state index in [1.54, 1.807) is 0 Å². The van der Waals surface area contributed by atoms with E-state index < -0.39 is 0 Å². The first kappa shape index (κ1) is 12.6. The second-order valence-electron chi connectivity index (χ2n) is 3.24. The van der Waals surface area contributed by atoms with E-state index >= 15 is 0 Å². The number of benzene rings is 1. The highest BCUT2D eigenvalue weighted by atomic mass is 79.9. The Morgan fingerprint density at radius 2 is 2.27 bits per heavy atom. The van der Waals surface area contributed by atoms with E-state index in [0.717, 1.165) is 22.9 Å². The summed E-state index contributed by atoms with van der Waals surface area (Å²) in [6.45, 7) is 1.83. The Morgan fingerprint density at radius 3 is 2.87 bits per heavy atom. The van der Waals surface area contributed by atoms with Crippen LogP contribution in [0.5, 0.6) is 0 Å². The highest BCUT2D eigenvalue weighted by Crippen LogP contribution is 2.27. The summed E-state index contributed by atoms with van der Waals surface area (Å²) in [6.07, 6.45) is 1.65. The summed E-state index contributed by atoms with van der Waals surface area (Å²) >= 11 is 9.45. The third kappa shape index (κ3) is 3.87. The first-order valence-corrected chi connectivity index (χ1v) is 5.92. The second-order valence-corrected chi connectivity index (χ2v) is 4.56. The SMILES string of the molecule is CC#CCCC(N)c1ccc(Br)cc1Cl. The smallest absolute Gasteiger partial charge is 0.0464 e. The van der Waals surface area contributed by atoms with Gasteiger partial charge in [-0.15, -0.1) is 11.8 Å². The average molecular weight is 287 g/mol. The molecule has 0 saturated heterocycles. The van der Waals surface area contributed by atoms with E-state index in [0.29, 0.717) is 5.02 Å². The highest BCUT2D eigenvalue weighted by molar-refractivity contribution is 9.10. The zero-order valence-electron chi connectivity index (χ0n) is 8.56. The fourth-order valence-corrected chi connectivity index (χ4v) is 2.12. The highest BCUT2D eigenvalue weighted by Gasteiger charge is 2.09. The maximum Gasteiger partial charge on any atom is 0.0464 e. The predicted octanol–water partition coefficient (Wildman–Crippen LogP) is 3.91. The largest absolute Gasteiger partial charge is 0.324 e. The minimum atomic E-state index is -0.0357. The van der Waals surface area contributed by atoms with Gasteiger partial charge >= 0.3 is 0 Å². The number of nitrogens with two attached hydrogens (primary N) is 1. The van der Waals surface area contributed by atoms with Crippen LogP contribution in [-0.2, 0) is 0 Å². The van der Waals surface area contributed by atoms with Gasteiger partial charge in [0.25, 0.3) is 0 Å². The van der Waals surface area contributed by atoms with Crippen molar-refractivity contribution in [1.82, 2.24) is 0 Å². The van der Waals surface area contributed by atoms with Crippen LogP contribution in [0.3, 0.4) is 0 Å². The van der Waals surface area contributed by atoms with Gasteiger partial charge in [0.15, 0.2) is 0 Å². The third-order valence-electron chi connectivity index (χ3n) is 2.12. The summed E-state index contributed by atoms with van der Waals surface area (Å²) in [7, 11) is 0. The average Bonchev–Trinajstić information content (AvgIpc) is 2.17. The maximum absolute atomic E-state index is 6.09. The Labute approximate surface area is 104 Å². The van der Waals surface area contributed by atoms with E-state index in [4.69, 9.17) is 17.3 Å². The molecule has 0 spiro atoms. The summed E-state index contributed by atoms with van der Waals surface area (Å²) < 4.78 is 0.969. The molecule has 1 aromatic rings. The summed E-state index contributed by atoms with van der Waals surface area (Å²) in [5, 5.41) is 0.710. The molecule has 0 bridgehead atoms. The monoisotopic (exact) mass is 285 g/mol. The Hall–Kier alpha value is -0.490. The molecule has 1 unspecified atom stereocenters. The van der Waals surface area contributed by atoms with Crippen LogP contribution in [0.15, 0.2) is 22.7 Å². The molecule has 0 aromatic heterocycles. The molecule has 80 valence electrons. The third-order valence-corrected chi connectivity index (χ3v) is 2.94. The van der Waals surface area contributed by atoms with Crippen molar-refractivity contribution in [1.29, 1.82) is 0 Å². The van der Waals surface area contributed by atoms with Crippen molar-refractivity contribution >= 4 is 27.5 Å². The lowest BCUT2D eigenvalue weighted by atomic mass is 10.0. The van der Waals surface area contributed by atoms with Gasteiger partial charge in [0.1, 0.15) is 0 Å². The topological polar surface area (TPSA) is 26.0 Å². The Bertz CT molecular complexity index is 392. The van der Waals surface area contributed by atoms with Gasteiger partial charge in [0, 0.05) is 22.0 Å². The van der Waals surface area contributed by atoms with E-state index in [2.05, 4.69) is 27.8 Å². The number of hydrogen-bond acceptors (Lipinski definition) is 1. The van der Waals surface area contributed by atoms with Crippen molar-refractivity contribution in [2.75, 3.05) is 0 Å². The second kappa shape index (κ2) is 6.17. The Morgan fingerprint density at radius 1 is 1.53 bits per heavy atom. The molecular formula is C12H13BrClN. The van der Waals surface area contributed by atoms with Crippen LogP contribution in [0.25, 0.3) is 0 Å². The van der Waals surface area contributed by atoms with Gasteiger partial charge in [-0.05, 0) is 31.0 Å². The lowest BCUT2D eigenvalue weighted by Gasteiger charge is -2.12. The van der Waals surface area contributed by atoms with Crippen molar-refractivity contribution in [2.24, 2.45) is 5.73 Å². The quantitative estimate of drug-likeness (QED) is 0.838. The number of hydrogen-bond donors (Lipinski definition) is 1.